The molecule has 0 unspecified atom stereocenters. The predicted octanol–water partition coefficient (Wildman–Crippen LogP) is 1.99. The number of benzene rings is 1. The van der Waals surface area contributed by atoms with Gasteiger partial charge in [-0.2, -0.15) is 0 Å². The lowest BCUT2D eigenvalue weighted by Gasteiger charge is -2.10. The van der Waals surface area contributed by atoms with E-state index < -0.39 is 11.9 Å². The quantitative estimate of drug-likeness (QED) is 0.702. The van der Waals surface area contributed by atoms with Crippen LogP contribution in [-0.4, -0.2) is 27.9 Å². The van der Waals surface area contributed by atoms with Crippen LogP contribution in [0.3, 0.4) is 0 Å². The lowest BCUT2D eigenvalue weighted by molar-refractivity contribution is -0.112. The maximum atomic E-state index is 11.0. The van der Waals surface area contributed by atoms with Gasteiger partial charge >= 0.3 is 11.9 Å². The third-order valence-corrected chi connectivity index (χ3v) is 2.25. The molecule has 1 aromatic carbocycles. The van der Waals surface area contributed by atoms with E-state index in [1.54, 1.807) is 6.92 Å². The van der Waals surface area contributed by atoms with Gasteiger partial charge in [0.15, 0.2) is 5.78 Å². The molecule has 0 spiro atoms. The van der Waals surface area contributed by atoms with Gasteiger partial charge in [-0.05, 0) is 38.1 Å². The van der Waals surface area contributed by atoms with E-state index in [1.165, 1.54) is 31.2 Å². The molecule has 1 aromatic rings. The summed E-state index contributed by atoms with van der Waals surface area (Å²) in [5.41, 5.74) is 0.448. The van der Waals surface area contributed by atoms with Crippen molar-refractivity contribution in [2.75, 3.05) is 5.32 Å². The number of carbonyl (C=O) groups excluding carboxylic acids is 1. The lowest BCUT2D eigenvalue weighted by Crippen LogP contribution is -2.08. The maximum absolute atomic E-state index is 11.0. The van der Waals surface area contributed by atoms with Crippen molar-refractivity contribution in [3.8, 4) is 0 Å². The summed E-state index contributed by atoms with van der Waals surface area (Å²) in [6.45, 7) is 2.94. The minimum Gasteiger partial charge on any atom is -0.478 e. The van der Waals surface area contributed by atoms with Crippen LogP contribution < -0.4 is 5.32 Å². The molecule has 0 fully saturated rings. The third-order valence-electron chi connectivity index (χ3n) is 2.25. The number of hydrogen-bond donors (Lipinski definition) is 3. The van der Waals surface area contributed by atoms with Crippen molar-refractivity contribution in [1.29, 1.82) is 0 Å². The zero-order valence-corrected chi connectivity index (χ0v) is 10.4. The van der Waals surface area contributed by atoms with Crippen molar-refractivity contribution in [1.82, 2.24) is 0 Å². The first-order chi connectivity index (χ1) is 8.81. The van der Waals surface area contributed by atoms with E-state index in [0.29, 0.717) is 5.70 Å². The Balaban J connectivity index is 3.22. The van der Waals surface area contributed by atoms with Gasteiger partial charge in [-0.25, -0.2) is 9.59 Å². The second-order valence-corrected chi connectivity index (χ2v) is 3.93. The van der Waals surface area contributed by atoms with Crippen LogP contribution in [0.2, 0.25) is 0 Å². The van der Waals surface area contributed by atoms with E-state index in [1.807, 2.05) is 0 Å². The smallest absolute Gasteiger partial charge is 0.337 e. The van der Waals surface area contributed by atoms with Gasteiger partial charge in [0.1, 0.15) is 0 Å². The third kappa shape index (κ3) is 3.95. The van der Waals surface area contributed by atoms with Crippen LogP contribution in [0.4, 0.5) is 5.69 Å². The molecular weight excluding hydrogens is 250 g/mol. The number of carboxylic acid groups (broad SMARTS) is 2. The van der Waals surface area contributed by atoms with E-state index in [-0.39, 0.29) is 22.6 Å². The van der Waals surface area contributed by atoms with Gasteiger partial charge in [-0.15, -0.1) is 0 Å². The standard InChI is InChI=1S/C13H13NO5/c1-7(5-8(2)15)14-11-6-9(12(16)17)3-4-10(11)13(18)19/h3-6,14H,1-2H3,(H,16,17)(H,18,19)/b7-5-. The Labute approximate surface area is 109 Å². The van der Waals surface area contributed by atoms with E-state index in [9.17, 15) is 14.4 Å². The van der Waals surface area contributed by atoms with E-state index in [0.717, 1.165) is 0 Å². The van der Waals surface area contributed by atoms with Crippen LogP contribution in [-0.2, 0) is 4.79 Å². The van der Waals surface area contributed by atoms with Crippen LogP contribution in [0.25, 0.3) is 0 Å². The van der Waals surface area contributed by atoms with Crippen molar-refractivity contribution >= 4 is 23.4 Å². The molecule has 0 atom stereocenters. The number of allylic oxidation sites excluding steroid dienone is 2. The number of hydrogen-bond acceptors (Lipinski definition) is 4. The van der Waals surface area contributed by atoms with Crippen LogP contribution in [0, 0.1) is 0 Å². The second-order valence-electron chi connectivity index (χ2n) is 3.93. The Bertz CT molecular complexity index is 574. The molecule has 0 saturated carbocycles. The largest absolute Gasteiger partial charge is 0.478 e. The van der Waals surface area contributed by atoms with Gasteiger partial charge in [-0.1, -0.05) is 0 Å². The van der Waals surface area contributed by atoms with Crippen LogP contribution in [0.1, 0.15) is 34.6 Å². The lowest BCUT2D eigenvalue weighted by atomic mass is 10.1. The number of anilines is 1. The Morgan fingerprint density at radius 1 is 1.11 bits per heavy atom. The number of ketones is 1. The Hall–Kier alpha value is -2.63. The fourth-order valence-corrected chi connectivity index (χ4v) is 1.52. The molecule has 0 aliphatic carbocycles. The van der Waals surface area contributed by atoms with E-state index >= 15 is 0 Å². The monoisotopic (exact) mass is 263 g/mol. The average molecular weight is 263 g/mol. The number of rotatable bonds is 5. The molecular formula is C13H13NO5. The first-order valence-electron chi connectivity index (χ1n) is 5.37. The first-order valence-corrected chi connectivity index (χ1v) is 5.37. The normalized spacial score (nSPS) is 10.9. The molecule has 3 N–H and O–H groups in total. The minimum atomic E-state index is -1.19. The highest BCUT2D eigenvalue weighted by molar-refractivity contribution is 5.98. The van der Waals surface area contributed by atoms with Gasteiger partial charge in [0, 0.05) is 5.70 Å². The summed E-state index contributed by atoms with van der Waals surface area (Å²) in [5, 5.41) is 20.6. The van der Waals surface area contributed by atoms with Crippen molar-refractivity contribution < 1.29 is 24.6 Å². The molecule has 0 radical (unpaired) electrons. The fourth-order valence-electron chi connectivity index (χ4n) is 1.52. The number of nitrogens with one attached hydrogen (secondary N) is 1. The van der Waals surface area contributed by atoms with Crippen molar-refractivity contribution in [2.24, 2.45) is 0 Å². The average Bonchev–Trinajstić information content (AvgIpc) is 2.26. The maximum Gasteiger partial charge on any atom is 0.337 e. The summed E-state index contributed by atoms with van der Waals surface area (Å²) in [6.07, 6.45) is 1.29. The Morgan fingerprint density at radius 3 is 2.21 bits per heavy atom. The highest BCUT2D eigenvalue weighted by Gasteiger charge is 2.13. The Kier molecular flexibility index (Phi) is 4.41. The van der Waals surface area contributed by atoms with E-state index in [4.69, 9.17) is 10.2 Å². The molecule has 6 nitrogen and oxygen atoms in total. The molecule has 0 saturated heterocycles. The van der Waals surface area contributed by atoms with Crippen LogP contribution >= 0.6 is 0 Å². The second kappa shape index (κ2) is 5.81. The van der Waals surface area contributed by atoms with Crippen molar-refractivity contribution in [3.63, 3.8) is 0 Å². The molecule has 0 aliphatic rings. The molecule has 6 heteroatoms. The number of carboxylic acids is 2. The molecule has 0 bridgehead atoms. The number of carbonyl (C=O) groups is 3. The van der Waals surface area contributed by atoms with Crippen LogP contribution in [0.15, 0.2) is 30.0 Å². The predicted molar refractivity (Wildman–Crippen MR) is 68.4 cm³/mol. The summed E-state index contributed by atoms with van der Waals surface area (Å²) >= 11 is 0. The summed E-state index contributed by atoms with van der Waals surface area (Å²) in [7, 11) is 0. The number of aromatic carboxylic acids is 2. The summed E-state index contributed by atoms with van der Waals surface area (Å²) in [5.74, 6) is -2.54. The SMILES string of the molecule is CC(=O)/C=C(/C)Nc1cc(C(=O)O)ccc1C(=O)O. The van der Waals surface area contributed by atoms with Gasteiger partial charge in [-0.3, -0.25) is 4.79 Å². The summed E-state index contributed by atoms with van der Waals surface area (Å²) in [4.78, 5) is 32.8. The first kappa shape index (κ1) is 14.4. The molecule has 1 rings (SSSR count). The highest BCUT2D eigenvalue weighted by atomic mass is 16.4. The zero-order valence-electron chi connectivity index (χ0n) is 10.4. The van der Waals surface area contributed by atoms with Crippen molar-refractivity contribution in [2.45, 2.75) is 13.8 Å². The molecule has 0 aliphatic heterocycles. The van der Waals surface area contributed by atoms with Gasteiger partial charge < -0.3 is 15.5 Å². The summed E-state index contributed by atoms with van der Waals surface area (Å²) in [6, 6.07) is 3.62. The minimum absolute atomic E-state index is 0.0388. The summed E-state index contributed by atoms with van der Waals surface area (Å²) < 4.78 is 0. The Morgan fingerprint density at radius 2 is 1.74 bits per heavy atom. The molecule has 0 heterocycles. The van der Waals surface area contributed by atoms with Crippen molar-refractivity contribution in [3.05, 3.63) is 41.1 Å². The molecule has 0 amide bonds. The molecule has 19 heavy (non-hydrogen) atoms. The molecule has 0 aromatic heterocycles. The zero-order chi connectivity index (χ0) is 14.6. The van der Waals surface area contributed by atoms with E-state index in [2.05, 4.69) is 5.32 Å². The molecule has 100 valence electrons. The fraction of sp³-hybridized carbons (Fsp3) is 0.154. The van der Waals surface area contributed by atoms with Gasteiger partial charge in [0.05, 0.1) is 16.8 Å². The van der Waals surface area contributed by atoms with Gasteiger partial charge in [0.2, 0.25) is 0 Å². The topological polar surface area (TPSA) is 104 Å². The highest BCUT2D eigenvalue weighted by Crippen LogP contribution is 2.20. The van der Waals surface area contributed by atoms with Crippen LogP contribution in [0.5, 0.6) is 0 Å². The van der Waals surface area contributed by atoms with Gasteiger partial charge in [0.25, 0.3) is 0 Å².